The van der Waals surface area contributed by atoms with E-state index in [9.17, 15) is 9.59 Å². The highest BCUT2D eigenvalue weighted by atomic mass is 35.5. The Hall–Kier alpha value is -1.85. The minimum atomic E-state index is -0.434. The van der Waals surface area contributed by atoms with Crippen molar-refractivity contribution in [1.82, 2.24) is 14.5 Å². The Labute approximate surface area is 133 Å². The number of aromatic amines is 1. The van der Waals surface area contributed by atoms with Crippen molar-refractivity contribution in [2.45, 2.75) is 32.0 Å². The van der Waals surface area contributed by atoms with Gasteiger partial charge in [0, 0.05) is 25.2 Å². The predicted molar refractivity (Wildman–Crippen MR) is 86.3 cm³/mol. The number of nitrogens with one attached hydrogen (secondary N) is 1. The van der Waals surface area contributed by atoms with Crippen molar-refractivity contribution >= 4 is 11.6 Å². The van der Waals surface area contributed by atoms with Crippen LogP contribution in [-0.4, -0.2) is 27.0 Å². The molecule has 5 nitrogen and oxygen atoms in total. The summed E-state index contributed by atoms with van der Waals surface area (Å²) >= 11 is 5.71. The summed E-state index contributed by atoms with van der Waals surface area (Å²) in [5.41, 5.74) is 0.455. The number of halogens is 1. The van der Waals surface area contributed by atoms with E-state index in [1.54, 1.807) is 0 Å². The Morgan fingerprint density at radius 2 is 2.00 bits per heavy atom. The third kappa shape index (κ3) is 3.00. The van der Waals surface area contributed by atoms with Gasteiger partial charge in [-0.2, -0.15) is 0 Å². The number of likely N-dealkylation sites (tertiary alicyclic amines) is 1. The van der Waals surface area contributed by atoms with Crippen LogP contribution in [0.3, 0.4) is 0 Å². The summed E-state index contributed by atoms with van der Waals surface area (Å²) in [6, 6.07) is 11.6. The second-order valence-electron chi connectivity index (χ2n) is 5.78. The van der Waals surface area contributed by atoms with Crippen molar-refractivity contribution in [3.8, 4) is 0 Å². The van der Waals surface area contributed by atoms with Crippen molar-refractivity contribution in [2.24, 2.45) is 0 Å². The standard InChI is InChI=1S/C16H18ClN3O2/c1-11-7-13(20-15(21)8-14(17)18-16(20)22)10-19(11)9-12-5-3-2-4-6-12/h2-6,8,11,13H,7,9-10H2,1H3,(H,18,22). The number of benzene rings is 1. The molecular weight excluding hydrogens is 302 g/mol. The molecule has 0 aliphatic carbocycles. The number of aromatic nitrogens is 2. The Balaban J connectivity index is 1.82. The number of nitrogens with zero attached hydrogens (tertiary/aromatic N) is 2. The van der Waals surface area contributed by atoms with E-state index < -0.39 is 5.69 Å². The molecule has 0 bridgehead atoms. The average Bonchev–Trinajstić information content (AvgIpc) is 2.79. The third-order valence-electron chi connectivity index (χ3n) is 4.21. The van der Waals surface area contributed by atoms with Gasteiger partial charge in [-0.15, -0.1) is 0 Å². The first-order chi connectivity index (χ1) is 10.5. The SMILES string of the molecule is CC1CC(n2c(=O)cc(Cl)[nH]c2=O)CN1Cc1ccccc1. The van der Waals surface area contributed by atoms with Crippen LogP contribution in [0.2, 0.25) is 5.15 Å². The molecule has 1 fully saturated rings. The Kier molecular flexibility index (Phi) is 4.18. The number of H-pyrrole nitrogens is 1. The molecule has 1 N–H and O–H groups in total. The van der Waals surface area contributed by atoms with Gasteiger partial charge in [-0.1, -0.05) is 41.9 Å². The molecule has 116 valence electrons. The lowest BCUT2D eigenvalue weighted by Crippen LogP contribution is -2.38. The van der Waals surface area contributed by atoms with E-state index in [-0.39, 0.29) is 16.8 Å². The number of hydrogen-bond donors (Lipinski definition) is 1. The summed E-state index contributed by atoms with van der Waals surface area (Å²) in [5, 5.41) is 0.0819. The van der Waals surface area contributed by atoms with Crippen molar-refractivity contribution in [2.75, 3.05) is 6.54 Å². The van der Waals surface area contributed by atoms with Gasteiger partial charge in [-0.3, -0.25) is 19.2 Å². The second kappa shape index (κ2) is 6.10. The van der Waals surface area contributed by atoms with Gasteiger partial charge in [-0.25, -0.2) is 4.79 Å². The highest BCUT2D eigenvalue weighted by Crippen LogP contribution is 2.26. The molecular formula is C16H18ClN3O2. The first kappa shape index (κ1) is 15.1. The fourth-order valence-corrected chi connectivity index (χ4v) is 3.29. The maximum atomic E-state index is 12.1. The molecule has 22 heavy (non-hydrogen) atoms. The van der Waals surface area contributed by atoms with Crippen molar-refractivity contribution < 1.29 is 0 Å². The van der Waals surface area contributed by atoms with E-state index in [4.69, 9.17) is 11.6 Å². The van der Waals surface area contributed by atoms with Crippen LogP contribution in [0.25, 0.3) is 0 Å². The van der Waals surface area contributed by atoms with Crippen LogP contribution in [0.1, 0.15) is 24.9 Å². The van der Waals surface area contributed by atoms with E-state index in [2.05, 4.69) is 28.9 Å². The topological polar surface area (TPSA) is 58.1 Å². The largest absolute Gasteiger partial charge is 0.329 e. The summed E-state index contributed by atoms with van der Waals surface area (Å²) in [6.45, 7) is 3.62. The fourth-order valence-electron chi connectivity index (χ4n) is 3.12. The quantitative estimate of drug-likeness (QED) is 0.881. The molecule has 2 heterocycles. The first-order valence-corrected chi connectivity index (χ1v) is 7.71. The molecule has 2 unspecified atom stereocenters. The molecule has 0 saturated carbocycles. The molecule has 2 aromatic rings. The lowest BCUT2D eigenvalue weighted by Gasteiger charge is -2.20. The zero-order chi connectivity index (χ0) is 15.7. The molecule has 3 rings (SSSR count). The minimum absolute atomic E-state index is 0.0819. The van der Waals surface area contributed by atoms with E-state index in [1.807, 2.05) is 18.2 Å². The summed E-state index contributed by atoms with van der Waals surface area (Å²) in [7, 11) is 0. The van der Waals surface area contributed by atoms with Gasteiger partial charge < -0.3 is 0 Å². The van der Waals surface area contributed by atoms with Crippen LogP contribution in [0, 0.1) is 0 Å². The molecule has 0 spiro atoms. The third-order valence-corrected chi connectivity index (χ3v) is 4.41. The van der Waals surface area contributed by atoms with Crippen LogP contribution in [0.5, 0.6) is 0 Å². The van der Waals surface area contributed by atoms with Crippen molar-refractivity contribution in [3.63, 3.8) is 0 Å². The summed E-state index contributed by atoms with van der Waals surface area (Å²) in [5.74, 6) is 0. The number of rotatable bonds is 3. The first-order valence-electron chi connectivity index (χ1n) is 7.34. The lowest BCUT2D eigenvalue weighted by atomic mass is 10.2. The van der Waals surface area contributed by atoms with Gasteiger partial charge in [0.1, 0.15) is 5.15 Å². The molecule has 1 aromatic carbocycles. The van der Waals surface area contributed by atoms with Gasteiger partial charge in [0.25, 0.3) is 5.56 Å². The Morgan fingerprint density at radius 1 is 1.27 bits per heavy atom. The van der Waals surface area contributed by atoms with Crippen LogP contribution >= 0.6 is 11.6 Å². The molecule has 0 radical (unpaired) electrons. The van der Waals surface area contributed by atoms with Gasteiger partial charge >= 0.3 is 5.69 Å². The zero-order valence-electron chi connectivity index (χ0n) is 12.3. The summed E-state index contributed by atoms with van der Waals surface area (Å²) < 4.78 is 1.29. The van der Waals surface area contributed by atoms with Gasteiger partial charge in [0.05, 0.1) is 6.04 Å². The normalized spacial score (nSPS) is 22.1. The van der Waals surface area contributed by atoms with Crippen molar-refractivity contribution in [1.29, 1.82) is 0 Å². The average molecular weight is 320 g/mol. The van der Waals surface area contributed by atoms with Crippen LogP contribution in [0.4, 0.5) is 0 Å². The van der Waals surface area contributed by atoms with E-state index in [1.165, 1.54) is 16.2 Å². The zero-order valence-corrected chi connectivity index (χ0v) is 13.1. The van der Waals surface area contributed by atoms with E-state index >= 15 is 0 Å². The molecule has 1 aliphatic heterocycles. The minimum Gasteiger partial charge on any atom is -0.298 e. The maximum Gasteiger partial charge on any atom is 0.329 e. The maximum absolute atomic E-state index is 12.1. The monoisotopic (exact) mass is 319 g/mol. The molecule has 2 atom stereocenters. The van der Waals surface area contributed by atoms with Crippen LogP contribution in [-0.2, 0) is 6.54 Å². The molecule has 0 amide bonds. The highest BCUT2D eigenvalue weighted by molar-refractivity contribution is 6.29. The second-order valence-corrected chi connectivity index (χ2v) is 6.19. The predicted octanol–water partition coefficient (Wildman–Crippen LogP) is 2.03. The van der Waals surface area contributed by atoms with Crippen LogP contribution < -0.4 is 11.2 Å². The van der Waals surface area contributed by atoms with Gasteiger partial charge in [0.2, 0.25) is 0 Å². The highest BCUT2D eigenvalue weighted by Gasteiger charge is 2.31. The molecule has 1 aliphatic rings. The van der Waals surface area contributed by atoms with Gasteiger partial charge in [0.15, 0.2) is 0 Å². The fraction of sp³-hybridized carbons (Fsp3) is 0.375. The lowest BCUT2D eigenvalue weighted by molar-refractivity contribution is 0.255. The Bertz CT molecular complexity index is 738. The van der Waals surface area contributed by atoms with Crippen molar-refractivity contribution in [3.05, 3.63) is 68.0 Å². The van der Waals surface area contributed by atoms with Gasteiger partial charge in [-0.05, 0) is 18.9 Å². The smallest absolute Gasteiger partial charge is 0.298 e. The molecule has 1 saturated heterocycles. The molecule has 1 aromatic heterocycles. The molecule has 6 heteroatoms. The van der Waals surface area contributed by atoms with Crippen LogP contribution in [0.15, 0.2) is 46.0 Å². The summed E-state index contributed by atoms with van der Waals surface area (Å²) in [6.07, 6.45) is 0.775. The van der Waals surface area contributed by atoms with E-state index in [0.29, 0.717) is 12.6 Å². The Morgan fingerprint density at radius 3 is 2.68 bits per heavy atom. The number of hydrogen-bond acceptors (Lipinski definition) is 3. The summed E-state index contributed by atoms with van der Waals surface area (Å²) in [4.78, 5) is 28.9. The van der Waals surface area contributed by atoms with E-state index in [0.717, 1.165) is 13.0 Å².